The summed E-state index contributed by atoms with van der Waals surface area (Å²) in [5.74, 6) is 0. The molecule has 0 bridgehead atoms. The van der Waals surface area contributed by atoms with Gasteiger partial charge in [0, 0.05) is 12.7 Å². The summed E-state index contributed by atoms with van der Waals surface area (Å²) in [6, 6.07) is 11.9. The van der Waals surface area contributed by atoms with Crippen LogP contribution in [0.15, 0.2) is 42.6 Å². The van der Waals surface area contributed by atoms with Gasteiger partial charge in [-0.05, 0) is 30.8 Å². The zero-order valence-electron chi connectivity index (χ0n) is 10.7. The van der Waals surface area contributed by atoms with Crippen molar-refractivity contribution < 1.29 is 0 Å². The Balaban J connectivity index is 2.01. The summed E-state index contributed by atoms with van der Waals surface area (Å²) in [5.41, 5.74) is 3.88. The van der Waals surface area contributed by atoms with Crippen molar-refractivity contribution in [1.82, 2.24) is 25.3 Å². The highest BCUT2D eigenvalue weighted by molar-refractivity contribution is 5.75. The first-order chi connectivity index (χ1) is 9.38. The van der Waals surface area contributed by atoms with Crippen LogP contribution in [0, 0.1) is 0 Å². The maximum Gasteiger partial charge on any atom is 0.113 e. The van der Waals surface area contributed by atoms with Crippen LogP contribution in [0.5, 0.6) is 0 Å². The number of fused-ring (bicyclic) bond motifs is 1. The first-order valence-corrected chi connectivity index (χ1v) is 6.35. The van der Waals surface area contributed by atoms with Crippen molar-refractivity contribution in [2.24, 2.45) is 0 Å². The molecular formula is C14H15N5. The minimum Gasteiger partial charge on any atom is -0.311 e. The molecule has 0 unspecified atom stereocenters. The Bertz CT molecular complexity index is 689. The number of rotatable bonds is 4. The van der Waals surface area contributed by atoms with E-state index in [9.17, 15) is 0 Å². The molecule has 0 spiro atoms. The van der Waals surface area contributed by atoms with Crippen LogP contribution in [0.3, 0.4) is 0 Å². The molecule has 1 aromatic carbocycles. The molecule has 2 heterocycles. The zero-order chi connectivity index (χ0) is 13.1. The van der Waals surface area contributed by atoms with Crippen LogP contribution >= 0.6 is 0 Å². The molecule has 0 saturated carbocycles. The minimum atomic E-state index is 0.761. The number of benzene rings is 1. The first-order valence-electron chi connectivity index (χ1n) is 6.35. The third-order valence-corrected chi connectivity index (χ3v) is 2.95. The molecule has 19 heavy (non-hydrogen) atoms. The van der Waals surface area contributed by atoms with Gasteiger partial charge in [0.05, 0.1) is 16.9 Å². The van der Waals surface area contributed by atoms with Gasteiger partial charge in [-0.25, -0.2) is 4.68 Å². The molecule has 5 nitrogen and oxygen atoms in total. The Morgan fingerprint density at radius 3 is 3.00 bits per heavy atom. The van der Waals surface area contributed by atoms with E-state index < -0.39 is 0 Å². The lowest BCUT2D eigenvalue weighted by molar-refractivity contribution is 0.708. The quantitative estimate of drug-likeness (QED) is 0.772. The summed E-state index contributed by atoms with van der Waals surface area (Å²) in [5, 5.41) is 11.6. The number of aromatic nitrogens is 4. The number of nitrogens with zero attached hydrogens (tertiary/aromatic N) is 4. The maximum absolute atomic E-state index is 4.34. The lowest BCUT2D eigenvalue weighted by atomic mass is 10.3. The van der Waals surface area contributed by atoms with E-state index in [2.05, 4.69) is 27.5 Å². The molecular weight excluding hydrogens is 238 g/mol. The lowest BCUT2D eigenvalue weighted by Crippen LogP contribution is -2.13. The number of hydrogen-bond donors (Lipinski definition) is 1. The third kappa shape index (κ3) is 2.32. The summed E-state index contributed by atoms with van der Waals surface area (Å²) in [4.78, 5) is 4.34. The number of pyridine rings is 1. The number of para-hydroxylation sites is 1. The summed E-state index contributed by atoms with van der Waals surface area (Å²) >= 11 is 0. The molecule has 96 valence electrons. The van der Waals surface area contributed by atoms with Crippen molar-refractivity contribution in [3.8, 4) is 5.69 Å². The Morgan fingerprint density at radius 1 is 1.21 bits per heavy atom. The van der Waals surface area contributed by atoms with E-state index in [0.717, 1.165) is 35.5 Å². The molecule has 0 amide bonds. The summed E-state index contributed by atoms with van der Waals surface area (Å²) < 4.78 is 1.84. The predicted octanol–water partition coefficient (Wildman–Crippen LogP) is 1.92. The molecule has 0 saturated heterocycles. The van der Waals surface area contributed by atoms with Gasteiger partial charge in [-0.3, -0.25) is 4.98 Å². The smallest absolute Gasteiger partial charge is 0.113 e. The molecule has 3 rings (SSSR count). The fourth-order valence-electron chi connectivity index (χ4n) is 2.01. The van der Waals surface area contributed by atoms with Crippen molar-refractivity contribution >= 4 is 11.0 Å². The van der Waals surface area contributed by atoms with E-state index in [1.807, 2.05) is 41.1 Å². The van der Waals surface area contributed by atoms with E-state index >= 15 is 0 Å². The predicted molar refractivity (Wildman–Crippen MR) is 74.0 cm³/mol. The Kier molecular flexibility index (Phi) is 3.20. The number of hydrogen-bond acceptors (Lipinski definition) is 4. The van der Waals surface area contributed by atoms with E-state index in [-0.39, 0.29) is 0 Å². The van der Waals surface area contributed by atoms with Crippen LogP contribution in [-0.2, 0) is 6.54 Å². The maximum atomic E-state index is 4.34. The summed E-state index contributed by atoms with van der Waals surface area (Å²) in [6.45, 7) is 3.77. The molecule has 1 N–H and O–H groups in total. The fourth-order valence-corrected chi connectivity index (χ4v) is 2.01. The van der Waals surface area contributed by atoms with Crippen LogP contribution < -0.4 is 5.32 Å². The van der Waals surface area contributed by atoms with Crippen molar-refractivity contribution in [3.05, 3.63) is 48.3 Å². The number of nitrogens with one attached hydrogen (secondary N) is 1. The van der Waals surface area contributed by atoms with E-state index in [1.165, 1.54) is 0 Å². The Morgan fingerprint density at radius 2 is 2.11 bits per heavy atom. The first kappa shape index (κ1) is 11.8. The van der Waals surface area contributed by atoms with Crippen LogP contribution in [-0.4, -0.2) is 26.5 Å². The molecule has 0 aliphatic rings. The van der Waals surface area contributed by atoms with Crippen LogP contribution in [0.4, 0.5) is 0 Å². The largest absolute Gasteiger partial charge is 0.311 e. The fraction of sp³-hybridized carbons (Fsp3) is 0.214. The van der Waals surface area contributed by atoms with Gasteiger partial charge in [0.15, 0.2) is 0 Å². The van der Waals surface area contributed by atoms with E-state index in [4.69, 9.17) is 0 Å². The third-order valence-electron chi connectivity index (χ3n) is 2.95. The van der Waals surface area contributed by atoms with Crippen molar-refractivity contribution in [2.75, 3.05) is 6.54 Å². The second-order valence-corrected chi connectivity index (χ2v) is 4.28. The molecule has 0 aliphatic heterocycles. The van der Waals surface area contributed by atoms with Crippen molar-refractivity contribution in [1.29, 1.82) is 0 Å². The van der Waals surface area contributed by atoms with Gasteiger partial charge in [-0.2, -0.15) is 0 Å². The topological polar surface area (TPSA) is 55.6 Å². The van der Waals surface area contributed by atoms with Gasteiger partial charge in [0.2, 0.25) is 0 Å². The monoisotopic (exact) mass is 253 g/mol. The highest BCUT2D eigenvalue weighted by Crippen LogP contribution is 2.15. The van der Waals surface area contributed by atoms with Crippen LogP contribution in [0.25, 0.3) is 16.7 Å². The van der Waals surface area contributed by atoms with E-state index in [0.29, 0.717) is 0 Å². The van der Waals surface area contributed by atoms with Gasteiger partial charge in [-0.1, -0.05) is 24.3 Å². The lowest BCUT2D eigenvalue weighted by Gasteiger charge is -2.05. The Hall–Kier alpha value is -2.27. The zero-order valence-corrected chi connectivity index (χ0v) is 10.7. The molecule has 0 aliphatic carbocycles. The summed E-state index contributed by atoms with van der Waals surface area (Å²) in [7, 11) is 0. The molecule has 0 radical (unpaired) electrons. The summed E-state index contributed by atoms with van der Waals surface area (Å²) in [6.07, 6.45) is 1.80. The van der Waals surface area contributed by atoms with Gasteiger partial charge < -0.3 is 5.32 Å². The highest BCUT2D eigenvalue weighted by atomic mass is 15.4. The van der Waals surface area contributed by atoms with Crippen molar-refractivity contribution in [3.63, 3.8) is 0 Å². The van der Waals surface area contributed by atoms with Gasteiger partial charge in [0.25, 0.3) is 0 Å². The normalized spacial score (nSPS) is 11.0. The molecule has 3 aromatic rings. The highest BCUT2D eigenvalue weighted by Gasteiger charge is 2.06. The average molecular weight is 253 g/mol. The van der Waals surface area contributed by atoms with Gasteiger partial charge in [-0.15, -0.1) is 5.10 Å². The van der Waals surface area contributed by atoms with Crippen molar-refractivity contribution in [2.45, 2.75) is 13.5 Å². The minimum absolute atomic E-state index is 0.761. The Labute approximate surface area is 111 Å². The standard InChI is InChI=1S/C14H15N5/c1-2-15-10-11-9-12(7-8-16-11)19-14-6-4-3-5-13(14)17-18-19/h3-9,15H,2,10H2,1H3. The average Bonchev–Trinajstić information content (AvgIpc) is 2.89. The van der Waals surface area contributed by atoms with Gasteiger partial charge >= 0.3 is 0 Å². The molecule has 0 atom stereocenters. The molecule has 5 heteroatoms. The van der Waals surface area contributed by atoms with Crippen LogP contribution in [0.2, 0.25) is 0 Å². The van der Waals surface area contributed by atoms with Crippen LogP contribution in [0.1, 0.15) is 12.6 Å². The molecule has 2 aromatic heterocycles. The second-order valence-electron chi connectivity index (χ2n) is 4.28. The SMILES string of the molecule is CCNCc1cc(-n2nnc3ccccc32)ccn1. The van der Waals surface area contributed by atoms with E-state index in [1.54, 1.807) is 6.20 Å². The van der Waals surface area contributed by atoms with Gasteiger partial charge in [0.1, 0.15) is 5.52 Å². The molecule has 0 fully saturated rings. The second kappa shape index (κ2) is 5.16.